The van der Waals surface area contributed by atoms with Crippen LogP contribution in [0.15, 0.2) is 77.7 Å². The number of amides is 1. The first-order chi connectivity index (χ1) is 17.1. The van der Waals surface area contributed by atoms with Crippen molar-refractivity contribution in [1.82, 2.24) is 9.62 Å². The Morgan fingerprint density at radius 3 is 2.14 bits per heavy atom. The number of halogens is 3. The fourth-order valence-electron chi connectivity index (χ4n) is 4.21. The third kappa shape index (κ3) is 5.55. The van der Waals surface area contributed by atoms with Crippen molar-refractivity contribution in [2.75, 3.05) is 37.6 Å². The lowest BCUT2D eigenvalue weighted by Crippen LogP contribution is -2.49. The Balaban J connectivity index is 1.57. The maximum Gasteiger partial charge on any atom is 0.416 e. The van der Waals surface area contributed by atoms with Gasteiger partial charge >= 0.3 is 6.18 Å². The second-order valence-corrected chi connectivity index (χ2v) is 10.2. The van der Waals surface area contributed by atoms with Gasteiger partial charge in [-0.25, -0.2) is 13.1 Å². The van der Waals surface area contributed by atoms with Gasteiger partial charge in [0.2, 0.25) is 10.0 Å². The van der Waals surface area contributed by atoms with Crippen LogP contribution in [0.1, 0.15) is 22.8 Å². The third-order valence-electron chi connectivity index (χ3n) is 6.08. The lowest BCUT2D eigenvalue weighted by Gasteiger charge is -2.36. The van der Waals surface area contributed by atoms with Crippen molar-refractivity contribution in [3.63, 3.8) is 0 Å². The molecule has 0 bridgehead atoms. The van der Waals surface area contributed by atoms with Crippen molar-refractivity contribution >= 4 is 21.6 Å². The molecule has 0 atom stereocenters. The normalized spacial score (nSPS) is 14.7. The molecular formula is C26H26F3N3O3S. The third-order valence-corrected chi connectivity index (χ3v) is 7.62. The molecule has 0 radical (unpaired) electrons. The Hall–Kier alpha value is -3.37. The number of carbonyl (C=O) groups is 1. The van der Waals surface area contributed by atoms with Crippen LogP contribution in [0.25, 0.3) is 11.1 Å². The van der Waals surface area contributed by atoms with Crippen molar-refractivity contribution < 1.29 is 26.4 Å². The van der Waals surface area contributed by atoms with Crippen LogP contribution in [-0.4, -0.2) is 51.9 Å². The van der Waals surface area contributed by atoms with Crippen LogP contribution in [0.5, 0.6) is 0 Å². The van der Waals surface area contributed by atoms with Gasteiger partial charge < -0.3 is 9.80 Å². The Morgan fingerprint density at radius 1 is 0.917 bits per heavy atom. The molecule has 0 saturated carbocycles. The van der Waals surface area contributed by atoms with Gasteiger partial charge in [-0.15, -0.1) is 0 Å². The Bertz CT molecular complexity index is 1320. The zero-order valence-corrected chi connectivity index (χ0v) is 20.4. The number of piperazine rings is 1. The predicted molar refractivity (Wildman–Crippen MR) is 132 cm³/mol. The number of hydrogen-bond acceptors (Lipinski definition) is 4. The number of sulfonamides is 1. The van der Waals surface area contributed by atoms with Gasteiger partial charge in [-0.05, 0) is 47.5 Å². The molecule has 1 N–H and O–H groups in total. The van der Waals surface area contributed by atoms with Crippen LogP contribution in [0.2, 0.25) is 0 Å². The average Bonchev–Trinajstić information content (AvgIpc) is 2.88. The van der Waals surface area contributed by atoms with E-state index in [2.05, 4.69) is 4.72 Å². The monoisotopic (exact) mass is 517 g/mol. The van der Waals surface area contributed by atoms with Crippen LogP contribution in [-0.2, 0) is 16.2 Å². The van der Waals surface area contributed by atoms with E-state index in [9.17, 15) is 26.4 Å². The number of anilines is 1. The number of nitrogens with zero attached hydrogens (tertiary/aromatic N) is 2. The molecule has 10 heteroatoms. The van der Waals surface area contributed by atoms with E-state index in [0.717, 1.165) is 17.7 Å². The molecule has 1 fully saturated rings. The number of alkyl halides is 3. The first-order valence-electron chi connectivity index (χ1n) is 11.5. The first-order valence-corrected chi connectivity index (χ1v) is 13.0. The number of rotatable bonds is 6. The minimum absolute atomic E-state index is 0.00997. The molecule has 1 aliphatic heterocycles. The summed E-state index contributed by atoms with van der Waals surface area (Å²) < 4.78 is 66.3. The van der Waals surface area contributed by atoms with Gasteiger partial charge in [0.1, 0.15) is 0 Å². The van der Waals surface area contributed by atoms with Gasteiger partial charge in [-0.3, -0.25) is 4.79 Å². The molecular weight excluding hydrogens is 491 g/mol. The van der Waals surface area contributed by atoms with E-state index in [4.69, 9.17) is 0 Å². The van der Waals surface area contributed by atoms with Crippen LogP contribution >= 0.6 is 0 Å². The SMILES string of the molecule is CCNS(=O)(=O)c1ccc(-c2ccccc2)c(C(=O)N2CCN(c3ccc(C(F)(F)F)cc3)CC2)c1. The van der Waals surface area contributed by atoms with E-state index in [1.54, 1.807) is 17.9 Å². The van der Waals surface area contributed by atoms with Crippen LogP contribution in [0.3, 0.4) is 0 Å². The molecule has 36 heavy (non-hydrogen) atoms. The van der Waals surface area contributed by atoms with Crippen molar-refractivity contribution in [2.45, 2.75) is 18.0 Å². The van der Waals surface area contributed by atoms with E-state index in [0.29, 0.717) is 37.4 Å². The number of benzene rings is 3. The van der Waals surface area contributed by atoms with Crippen LogP contribution in [0.4, 0.5) is 18.9 Å². The highest BCUT2D eigenvalue weighted by Crippen LogP contribution is 2.31. The van der Waals surface area contributed by atoms with E-state index < -0.39 is 21.8 Å². The van der Waals surface area contributed by atoms with Crippen LogP contribution in [0, 0.1) is 0 Å². The average molecular weight is 518 g/mol. The summed E-state index contributed by atoms with van der Waals surface area (Å²) in [5.74, 6) is -0.297. The molecule has 1 heterocycles. The molecule has 0 aliphatic carbocycles. The molecule has 0 unspecified atom stereocenters. The second kappa shape index (κ2) is 10.3. The Labute approximate surface area is 208 Å². The van der Waals surface area contributed by atoms with Crippen molar-refractivity contribution in [3.8, 4) is 11.1 Å². The van der Waals surface area contributed by atoms with Gasteiger partial charge in [0.15, 0.2) is 0 Å². The zero-order valence-electron chi connectivity index (χ0n) is 19.6. The van der Waals surface area contributed by atoms with Crippen molar-refractivity contribution in [1.29, 1.82) is 0 Å². The highest BCUT2D eigenvalue weighted by atomic mass is 32.2. The highest BCUT2D eigenvalue weighted by Gasteiger charge is 2.31. The maximum absolute atomic E-state index is 13.6. The minimum Gasteiger partial charge on any atom is -0.368 e. The van der Waals surface area contributed by atoms with E-state index in [1.165, 1.54) is 24.3 Å². The number of carbonyl (C=O) groups excluding carboxylic acids is 1. The summed E-state index contributed by atoms with van der Waals surface area (Å²) in [5.41, 5.74) is 1.64. The molecule has 1 aliphatic rings. The number of nitrogens with one attached hydrogen (secondary N) is 1. The zero-order chi connectivity index (χ0) is 25.9. The fraction of sp³-hybridized carbons (Fsp3) is 0.269. The fourth-order valence-corrected chi connectivity index (χ4v) is 5.28. The van der Waals surface area contributed by atoms with E-state index in [1.807, 2.05) is 35.2 Å². The molecule has 1 saturated heterocycles. The Kier molecular flexibility index (Phi) is 7.37. The van der Waals surface area contributed by atoms with E-state index >= 15 is 0 Å². The lowest BCUT2D eigenvalue weighted by molar-refractivity contribution is -0.137. The smallest absolute Gasteiger partial charge is 0.368 e. The van der Waals surface area contributed by atoms with Gasteiger partial charge in [0.05, 0.1) is 10.5 Å². The van der Waals surface area contributed by atoms with Gasteiger partial charge in [-0.1, -0.05) is 43.3 Å². The summed E-state index contributed by atoms with van der Waals surface area (Å²) in [4.78, 5) is 17.2. The molecule has 190 valence electrons. The summed E-state index contributed by atoms with van der Waals surface area (Å²) in [5, 5.41) is 0. The summed E-state index contributed by atoms with van der Waals surface area (Å²) >= 11 is 0. The van der Waals surface area contributed by atoms with Gasteiger partial charge in [-0.2, -0.15) is 13.2 Å². The first kappa shape index (κ1) is 25.7. The van der Waals surface area contributed by atoms with Crippen molar-refractivity contribution in [3.05, 3.63) is 83.9 Å². The lowest BCUT2D eigenvalue weighted by atomic mass is 9.98. The Morgan fingerprint density at radius 2 is 1.56 bits per heavy atom. The highest BCUT2D eigenvalue weighted by molar-refractivity contribution is 7.89. The summed E-state index contributed by atoms with van der Waals surface area (Å²) in [6.07, 6.45) is -4.39. The largest absolute Gasteiger partial charge is 0.416 e. The van der Waals surface area contributed by atoms with Gasteiger partial charge in [0, 0.05) is 44.0 Å². The van der Waals surface area contributed by atoms with Crippen molar-refractivity contribution in [2.24, 2.45) is 0 Å². The predicted octanol–water partition coefficient (Wildman–Crippen LogP) is 4.63. The summed E-state index contributed by atoms with van der Waals surface area (Å²) in [7, 11) is -3.76. The number of hydrogen-bond donors (Lipinski definition) is 1. The maximum atomic E-state index is 13.6. The summed E-state index contributed by atoms with van der Waals surface area (Å²) in [6, 6.07) is 18.8. The molecule has 1 amide bonds. The molecule has 4 rings (SSSR count). The molecule has 3 aromatic rings. The van der Waals surface area contributed by atoms with Crippen LogP contribution < -0.4 is 9.62 Å². The molecule has 3 aromatic carbocycles. The molecule has 6 nitrogen and oxygen atoms in total. The quantitative estimate of drug-likeness (QED) is 0.518. The minimum atomic E-state index is -4.39. The van der Waals surface area contributed by atoms with Gasteiger partial charge in [0.25, 0.3) is 5.91 Å². The molecule has 0 aromatic heterocycles. The topological polar surface area (TPSA) is 69.7 Å². The van der Waals surface area contributed by atoms with E-state index in [-0.39, 0.29) is 22.9 Å². The molecule has 0 spiro atoms. The summed E-state index contributed by atoms with van der Waals surface area (Å²) in [6.45, 7) is 3.47. The second-order valence-electron chi connectivity index (χ2n) is 8.40. The standard InChI is InChI=1S/C26H26F3N3O3S/c1-2-30-36(34,35)22-12-13-23(19-6-4-3-5-7-19)24(18-22)25(33)32-16-14-31(15-17-32)21-10-8-20(9-11-21)26(27,28)29/h3-13,18,30H,2,14-17H2,1H3.